The maximum absolute atomic E-state index is 13.9. The molecule has 168 valence electrons. The van der Waals surface area contributed by atoms with Crippen LogP contribution in [0.5, 0.6) is 0 Å². The number of carboxylic acid groups (broad SMARTS) is 1. The number of nitro groups is 1. The SMILES string of the molecule is O=C(O)N(CCCN1CCN(c2nc3ccccc3s2)CC1)c1ccc([N+](=O)[O-])c(F)c1. The summed E-state index contributed by atoms with van der Waals surface area (Å²) in [5.41, 5.74) is 0.415. The predicted octanol–water partition coefficient (Wildman–Crippen LogP) is 4.04. The lowest BCUT2D eigenvalue weighted by atomic mass is 10.2. The minimum absolute atomic E-state index is 0.0845. The Morgan fingerprint density at radius 1 is 1.22 bits per heavy atom. The number of aromatic nitrogens is 1. The second-order valence-electron chi connectivity index (χ2n) is 7.47. The van der Waals surface area contributed by atoms with Gasteiger partial charge in [0.1, 0.15) is 0 Å². The van der Waals surface area contributed by atoms with E-state index in [1.54, 1.807) is 11.3 Å². The number of piperazine rings is 1. The minimum atomic E-state index is -1.22. The number of halogens is 1. The minimum Gasteiger partial charge on any atom is -0.465 e. The van der Waals surface area contributed by atoms with Crippen LogP contribution in [-0.4, -0.2) is 65.3 Å². The Balaban J connectivity index is 1.29. The van der Waals surface area contributed by atoms with Gasteiger partial charge in [0.05, 0.1) is 20.8 Å². The van der Waals surface area contributed by atoms with Gasteiger partial charge in [0.15, 0.2) is 5.13 Å². The Kier molecular flexibility index (Phi) is 6.47. The third-order valence-electron chi connectivity index (χ3n) is 5.45. The van der Waals surface area contributed by atoms with Gasteiger partial charge in [0, 0.05) is 44.9 Å². The molecular formula is C21H22FN5O4S. The van der Waals surface area contributed by atoms with Gasteiger partial charge in [0.25, 0.3) is 0 Å². The number of amides is 1. The standard InChI is InChI=1S/C21H22FN5O4S/c22-16-14-15(6-7-18(16)27(30)31)26(21(28)29)9-3-8-24-10-12-25(13-11-24)20-23-17-4-1-2-5-19(17)32-20/h1-2,4-7,14H,3,8-13H2,(H,28,29). The van der Waals surface area contributed by atoms with Gasteiger partial charge >= 0.3 is 11.8 Å². The lowest BCUT2D eigenvalue weighted by Gasteiger charge is -2.34. The predicted molar refractivity (Wildman–Crippen MR) is 121 cm³/mol. The van der Waals surface area contributed by atoms with Gasteiger partial charge in [0.2, 0.25) is 5.82 Å². The Labute approximate surface area is 187 Å². The maximum atomic E-state index is 13.9. The molecule has 2 aromatic carbocycles. The number of hydrogen-bond acceptors (Lipinski definition) is 7. The molecule has 1 aliphatic heterocycles. The summed E-state index contributed by atoms with van der Waals surface area (Å²) in [5.74, 6) is -1.05. The van der Waals surface area contributed by atoms with Crippen molar-refractivity contribution >= 4 is 44.2 Å². The highest BCUT2D eigenvalue weighted by molar-refractivity contribution is 7.22. The number of nitrogens with zero attached hydrogens (tertiary/aromatic N) is 5. The van der Waals surface area contributed by atoms with E-state index in [0.717, 1.165) is 53.9 Å². The lowest BCUT2D eigenvalue weighted by molar-refractivity contribution is -0.387. The molecule has 4 rings (SSSR count). The van der Waals surface area contributed by atoms with E-state index >= 15 is 0 Å². The van der Waals surface area contributed by atoms with Gasteiger partial charge in [-0.05, 0) is 31.2 Å². The highest BCUT2D eigenvalue weighted by atomic mass is 32.1. The highest BCUT2D eigenvalue weighted by Crippen LogP contribution is 2.29. The fourth-order valence-corrected chi connectivity index (χ4v) is 4.77. The average Bonchev–Trinajstić information content (AvgIpc) is 3.21. The van der Waals surface area contributed by atoms with Crippen molar-refractivity contribution in [1.82, 2.24) is 9.88 Å². The van der Waals surface area contributed by atoms with Crippen molar-refractivity contribution in [1.29, 1.82) is 0 Å². The van der Waals surface area contributed by atoms with Crippen LogP contribution < -0.4 is 9.80 Å². The molecule has 0 radical (unpaired) electrons. The van der Waals surface area contributed by atoms with Crippen molar-refractivity contribution in [3.8, 4) is 0 Å². The zero-order chi connectivity index (χ0) is 22.7. The summed E-state index contributed by atoms with van der Waals surface area (Å²) in [6, 6.07) is 11.2. The summed E-state index contributed by atoms with van der Waals surface area (Å²) in [6.07, 6.45) is -0.662. The van der Waals surface area contributed by atoms with Crippen LogP contribution in [0.1, 0.15) is 6.42 Å². The number of fused-ring (bicyclic) bond motifs is 1. The number of para-hydroxylation sites is 1. The van der Waals surface area contributed by atoms with Crippen molar-refractivity contribution in [3.63, 3.8) is 0 Å². The third-order valence-corrected chi connectivity index (χ3v) is 6.55. The number of nitro benzene ring substituents is 1. The van der Waals surface area contributed by atoms with Gasteiger partial charge in [-0.2, -0.15) is 4.39 Å². The van der Waals surface area contributed by atoms with Gasteiger partial charge in [-0.15, -0.1) is 0 Å². The molecule has 1 N–H and O–H groups in total. The molecule has 1 amide bonds. The first-order valence-electron chi connectivity index (χ1n) is 10.2. The molecule has 1 saturated heterocycles. The quantitative estimate of drug-likeness (QED) is 0.420. The zero-order valence-corrected chi connectivity index (χ0v) is 18.0. The molecule has 0 spiro atoms. The topological polar surface area (TPSA) is 103 Å². The molecule has 3 aromatic rings. The number of anilines is 2. The Morgan fingerprint density at radius 3 is 2.62 bits per heavy atom. The molecule has 1 aromatic heterocycles. The Hall–Kier alpha value is -3.31. The van der Waals surface area contributed by atoms with Crippen molar-refractivity contribution in [2.75, 3.05) is 49.1 Å². The van der Waals surface area contributed by atoms with Gasteiger partial charge in [-0.3, -0.25) is 19.9 Å². The van der Waals surface area contributed by atoms with Crippen LogP contribution in [-0.2, 0) is 0 Å². The number of carbonyl (C=O) groups is 1. The molecule has 1 aliphatic rings. The Morgan fingerprint density at radius 2 is 1.97 bits per heavy atom. The largest absolute Gasteiger partial charge is 0.465 e. The molecule has 11 heteroatoms. The van der Waals surface area contributed by atoms with E-state index in [9.17, 15) is 24.4 Å². The first-order valence-corrected chi connectivity index (χ1v) is 11.0. The summed E-state index contributed by atoms with van der Waals surface area (Å²) >= 11 is 1.68. The molecule has 0 unspecified atom stereocenters. The van der Waals surface area contributed by atoms with Gasteiger partial charge < -0.3 is 10.0 Å². The van der Waals surface area contributed by atoms with Crippen LogP contribution >= 0.6 is 11.3 Å². The first kappa shape index (κ1) is 21.9. The second-order valence-corrected chi connectivity index (χ2v) is 8.48. The number of benzene rings is 2. The maximum Gasteiger partial charge on any atom is 0.411 e. The molecule has 2 heterocycles. The molecular weight excluding hydrogens is 437 g/mol. The van der Waals surface area contributed by atoms with E-state index < -0.39 is 22.5 Å². The van der Waals surface area contributed by atoms with Crippen LogP contribution in [0.3, 0.4) is 0 Å². The summed E-state index contributed by atoms with van der Waals surface area (Å²) in [7, 11) is 0. The summed E-state index contributed by atoms with van der Waals surface area (Å²) in [5, 5.41) is 21.3. The number of thiazole rings is 1. The van der Waals surface area contributed by atoms with E-state index in [0.29, 0.717) is 13.0 Å². The molecule has 0 bridgehead atoms. The second kappa shape index (κ2) is 9.45. The smallest absolute Gasteiger partial charge is 0.411 e. The van der Waals surface area contributed by atoms with Crippen LogP contribution in [0.2, 0.25) is 0 Å². The molecule has 0 saturated carbocycles. The van der Waals surface area contributed by atoms with Crippen LogP contribution in [0.4, 0.5) is 25.7 Å². The normalized spacial score (nSPS) is 14.6. The molecule has 0 atom stereocenters. The van der Waals surface area contributed by atoms with E-state index in [4.69, 9.17) is 4.98 Å². The van der Waals surface area contributed by atoms with Crippen molar-refractivity contribution in [3.05, 3.63) is 58.4 Å². The van der Waals surface area contributed by atoms with E-state index in [2.05, 4.69) is 15.9 Å². The Bertz CT molecular complexity index is 1100. The van der Waals surface area contributed by atoms with Gasteiger partial charge in [-0.1, -0.05) is 23.5 Å². The van der Waals surface area contributed by atoms with E-state index in [1.807, 2.05) is 18.2 Å². The summed E-state index contributed by atoms with van der Waals surface area (Å²) in [6.45, 7) is 4.24. The first-order chi connectivity index (χ1) is 15.4. The number of rotatable bonds is 7. The molecule has 1 fully saturated rings. The molecule has 0 aliphatic carbocycles. The van der Waals surface area contributed by atoms with Gasteiger partial charge in [-0.25, -0.2) is 9.78 Å². The highest BCUT2D eigenvalue weighted by Gasteiger charge is 2.22. The van der Waals surface area contributed by atoms with Crippen molar-refractivity contribution in [2.24, 2.45) is 0 Å². The molecule has 9 nitrogen and oxygen atoms in total. The third kappa shape index (κ3) is 4.78. The average molecular weight is 460 g/mol. The van der Waals surface area contributed by atoms with Crippen LogP contribution in [0, 0.1) is 15.9 Å². The fourth-order valence-electron chi connectivity index (χ4n) is 3.76. The monoisotopic (exact) mass is 459 g/mol. The van der Waals surface area contributed by atoms with E-state index in [1.165, 1.54) is 10.8 Å². The van der Waals surface area contributed by atoms with Crippen molar-refractivity contribution in [2.45, 2.75) is 6.42 Å². The molecule has 32 heavy (non-hydrogen) atoms. The van der Waals surface area contributed by atoms with Crippen LogP contribution in [0.15, 0.2) is 42.5 Å². The van der Waals surface area contributed by atoms with E-state index in [-0.39, 0.29) is 12.2 Å². The number of hydrogen-bond donors (Lipinski definition) is 1. The zero-order valence-electron chi connectivity index (χ0n) is 17.2. The fraction of sp³-hybridized carbons (Fsp3) is 0.333. The summed E-state index contributed by atoms with van der Waals surface area (Å²) < 4.78 is 15.1. The van der Waals surface area contributed by atoms with Crippen LogP contribution in [0.25, 0.3) is 10.2 Å². The lowest BCUT2D eigenvalue weighted by Crippen LogP contribution is -2.47. The summed E-state index contributed by atoms with van der Waals surface area (Å²) in [4.78, 5) is 31.8. The van der Waals surface area contributed by atoms with Crippen molar-refractivity contribution < 1.29 is 19.2 Å².